The Labute approximate surface area is 159 Å². The van der Waals surface area contributed by atoms with Gasteiger partial charge in [0.15, 0.2) is 0 Å². The number of aromatic nitrogens is 3. The first-order valence-electron chi connectivity index (χ1n) is 9.64. The molecule has 1 aliphatic heterocycles. The molecule has 1 amide bonds. The number of hydrogen-bond acceptors (Lipinski definition) is 6. The lowest BCUT2D eigenvalue weighted by Gasteiger charge is -2.22. The highest BCUT2D eigenvalue weighted by Crippen LogP contribution is 2.28. The highest BCUT2D eigenvalue weighted by Gasteiger charge is 2.22. The van der Waals surface area contributed by atoms with E-state index in [9.17, 15) is 4.79 Å². The van der Waals surface area contributed by atoms with Gasteiger partial charge in [-0.3, -0.25) is 9.78 Å². The summed E-state index contributed by atoms with van der Waals surface area (Å²) in [5.41, 5.74) is 8.41. The van der Waals surface area contributed by atoms with Crippen LogP contribution in [0.5, 0.6) is 0 Å². The molecule has 0 unspecified atom stereocenters. The zero-order valence-electron chi connectivity index (χ0n) is 16.3. The molecule has 2 N–H and O–H groups in total. The van der Waals surface area contributed by atoms with E-state index < -0.39 is 5.91 Å². The van der Waals surface area contributed by atoms with E-state index in [1.165, 1.54) is 0 Å². The van der Waals surface area contributed by atoms with E-state index in [4.69, 9.17) is 19.9 Å². The van der Waals surface area contributed by atoms with Gasteiger partial charge in [-0.15, -0.1) is 10.2 Å². The largest absolute Gasteiger partial charge is 0.421 e. The van der Waals surface area contributed by atoms with Gasteiger partial charge in [-0.05, 0) is 50.0 Å². The molecule has 2 aromatic heterocycles. The topological polar surface area (TPSA) is 104 Å². The number of amides is 1. The van der Waals surface area contributed by atoms with Crippen LogP contribution in [0.3, 0.4) is 0 Å². The van der Waals surface area contributed by atoms with E-state index in [0.717, 1.165) is 50.3 Å². The Balaban J connectivity index is 1.97. The molecule has 27 heavy (non-hydrogen) atoms. The zero-order chi connectivity index (χ0) is 19.4. The molecule has 1 fully saturated rings. The fourth-order valence-electron chi connectivity index (χ4n) is 3.51. The lowest BCUT2D eigenvalue weighted by molar-refractivity contribution is 0.0639. The van der Waals surface area contributed by atoms with Crippen LogP contribution in [-0.2, 0) is 17.6 Å². The lowest BCUT2D eigenvalue weighted by Crippen LogP contribution is -2.19. The van der Waals surface area contributed by atoms with Crippen LogP contribution in [0, 0.1) is 18.8 Å². The Morgan fingerprint density at radius 2 is 2.00 bits per heavy atom. The zero-order valence-corrected chi connectivity index (χ0v) is 16.3. The molecule has 7 heteroatoms. The van der Waals surface area contributed by atoms with Gasteiger partial charge in [-0.25, -0.2) is 0 Å². The van der Waals surface area contributed by atoms with Gasteiger partial charge >= 0.3 is 0 Å². The molecular weight excluding hydrogens is 344 g/mol. The maximum atomic E-state index is 12.0. The van der Waals surface area contributed by atoms with Crippen molar-refractivity contribution in [3.05, 3.63) is 28.9 Å². The Morgan fingerprint density at radius 3 is 2.59 bits per heavy atom. The summed E-state index contributed by atoms with van der Waals surface area (Å²) in [4.78, 5) is 16.9. The summed E-state index contributed by atoms with van der Waals surface area (Å²) < 4.78 is 11.1. The van der Waals surface area contributed by atoms with Gasteiger partial charge in [0.25, 0.3) is 5.91 Å². The Bertz CT molecular complexity index is 795. The van der Waals surface area contributed by atoms with Gasteiger partial charge in [0.1, 0.15) is 0 Å². The molecule has 0 aliphatic carbocycles. The number of hydrogen-bond donors (Lipinski definition) is 1. The molecule has 7 nitrogen and oxygen atoms in total. The van der Waals surface area contributed by atoms with E-state index in [1.54, 1.807) is 13.0 Å². The van der Waals surface area contributed by atoms with Crippen LogP contribution >= 0.6 is 0 Å². The molecule has 1 aliphatic rings. The van der Waals surface area contributed by atoms with Crippen LogP contribution in [0.4, 0.5) is 0 Å². The smallest absolute Gasteiger partial charge is 0.250 e. The minimum atomic E-state index is -0.480. The van der Waals surface area contributed by atoms with E-state index >= 15 is 0 Å². The number of rotatable bonds is 7. The van der Waals surface area contributed by atoms with Crippen LogP contribution < -0.4 is 5.73 Å². The standard InChI is InChI=1S/C20H28N4O3/c1-12(2)10-18-15(19(21)25)11-16(20-24-23-13(3)27-20)17(22-18)5-4-14-6-8-26-9-7-14/h11-12,14H,4-10H2,1-3H3,(H2,21,25). The van der Waals surface area contributed by atoms with Crippen molar-refractivity contribution in [3.8, 4) is 11.5 Å². The average molecular weight is 372 g/mol. The fraction of sp³-hybridized carbons (Fsp3) is 0.600. The summed E-state index contributed by atoms with van der Waals surface area (Å²) in [6.07, 6.45) is 4.67. The third kappa shape index (κ3) is 4.91. The number of nitrogens with zero attached hydrogens (tertiary/aromatic N) is 3. The van der Waals surface area contributed by atoms with Crippen molar-refractivity contribution >= 4 is 5.91 Å². The third-order valence-corrected chi connectivity index (χ3v) is 4.93. The second kappa shape index (κ2) is 8.61. The number of nitrogens with two attached hydrogens (primary N) is 1. The number of carbonyl (C=O) groups is 1. The van der Waals surface area contributed by atoms with Crippen LogP contribution in [0.1, 0.15) is 60.7 Å². The number of pyridine rings is 1. The van der Waals surface area contributed by atoms with Crippen molar-refractivity contribution in [1.29, 1.82) is 0 Å². The van der Waals surface area contributed by atoms with Crippen molar-refractivity contribution < 1.29 is 13.9 Å². The number of carbonyl (C=O) groups excluding carboxylic acids is 1. The van der Waals surface area contributed by atoms with E-state index in [-0.39, 0.29) is 0 Å². The van der Waals surface area contributed by atoms with Crippen molar-refractivity contribution in [1.82, 2.24) is 15.2 Å². The summed E-state index contributed by atoms with van der Waals surface area (Å²) in [6.45, 7) is 7.60. The predicted molar refractivity (Wildman–Crippen MR) is 101 cm³/mol. The van der Waals surface area contributed by atoms with Crippen molar-refractivity contribution in [2.75, 3.05) is 13.2 Å². The van der Waals surface area contributed by atoms with Crippen LogP contribution in [0.2, 0.25) is 0 Å². The molecule has 0 aromatic carbocycles. The fourth-order valence-corrected chi connectivity index (χ4v) is 3.51. The Morgan fingerprint density at radius 1 is 1.26 bits per heavy atom. The first-order chi connectivity index (χ1) is 12.9. The molecular formula is C20H28N4O3. The van der Waals surface area contributed by atoms with Gasteiger partial charge in [-0.2, -0.15) is 0 Å². The summed E-state index contributed by atoms with van der Waals surface area (Å²) >= 11 is 0. The summed E-state index contributed by atoms with van der Waals surface area (Å²) in [5, 5.41) is 8.06. The minimum absolute atomic E-state index is 0.371. The molecule has 0 atom stereocenters. The lowest BCUT2D eigenvalue weighted by atomic mass is 9.92. The molecule has 0 radical (unpaired) electrons. The molecule has 0 bridgehead atoms. The summed E-state index contributed by atoms with van der Waals surface area (Å²) in [5.74, 6) is 1.39. The van der Waals surface area contributed by atoms with E-state index in [2.05, 4.69) is 24.0 Å². The minimum Gasteiger partial charge on any atom is -0.421 e. The summed E-state index contributed by atoms with van der Waals surface area (Å²) in [6, 6.07) is 1.78. The highest BCUT2D eigenvalue weighted by molar-refractivity contribution is 5.95. The van der Waals surface area contributed by atoms with Crippen LogP contribution in [0.25, 0.3) is 11.5 Å². The van der Waals surface area contributed by atoms with E-state index in [0.29, 0.717) is 41.2 Å². The molecule has 0 saturated carbocycles. The Hall–Kier alpha value is -2.28. The number of ether oxygens (including phenoxy) is 1. The summed E-state index contributed by atoms with van der Waals surface area (Å²) in [7, 11) is 0. The quantitative estimate of drug-likeness (QED) is 0.801. The number of primary amides is 1. The van der Waals surface area contributed by atoms with Gasteiger partial charge in [0.2, 0.25) is 11.8 Å². The van der Waals surface area contributed by atoms with Crippen molar-refractivity contribution in [3.63, 3.8) is 0 Å². The molecule has 2 aromatic rings. The second-order valence-electron chi connectivity index (χ2n) is 7.66. The SMILES string of the molecule is Cc1nnc(-c2cc(C(N)=O)c(CC(C)C)nc2CCC2CCOCC2)o1. The second-order valence-corrected chi connectivity index (χ2v) is 7.66. The van der Waals surface area contributed by atoms with Crippen LogP contribution in [0.15, 0.2) is 10.5 Å². The molecule has 3 rings (SSSR count). The maximum Gasteiger partial charge on any atom is 0.250 e. The van der Waals surface area contributed by atoms with Gasteiger partial charge < -0.3 is 14.9 Å². The van der Waals surface area contributed by atoms with Crippen LogP contribution in [-0.4, -0.2) is 34.3 Å². The highest BCUT2D eigenvalue weighted by atomic mass is 16.5. The molecule has 146 valence electrons. The van der Waals surface area contributed by atoms with Gasteiger partial charge in [0, 0.05) is 20.1 Å². The first-order valence-corrected chi connectivity index (χ1v) is 9.64. The molecule has 3 heterocycles. The Kier molecular flexibility index (Phi) is 6.21. The third-order valence-electron chi connectivity index (χ3n) is 4.93. The molecule has 0 spiro atoms. The maximum absolute atomic E-state index is 12.0. The number of aryl methyl sites for hydroxylation is 2. The first kappa shape index (κ1) is 19.5. The van der Waals surface area contributed by atoms with E-state index in [1.807, 2.05) is 0 Å². The van der Waals surface area contributed by atoms with Crippen molar-refractivity contribution in [2.45, 2.75) is 52.9 Å². The molecule has 1 saturated heterocycles. The van der Waals surface area contributed by atoms with Crippen molar-refractivity contribution in [2.24, 2.45) is 17.6 Å². The average Bonchev–Trinajstić information content (AvgIpc) is 3.06. The normalized spacial score (nSPS) is 15.4. The monoisotopic (exact) mass is 372 g/mol. The van der Waals surface area contributed by atoms with Gasteiger partial charge in [0.05, 0.1) is 22.5 Å². The predicted octanol–water partition coefficient (Wildman–Crippen LogP) is 3.10. The van der Waals surface area contributed by atoms with Gasteiger partial charge in [-0.1, -0.05) is 13.8 Å².